The van der Waals surface area contributed by atoms with Crippen LogP contribution in [0.2, 0.25) is 0 Å². The number of aromatic nitrogens is 5. The number of nitrogens with zero attached hydrogens (tertiary/aromatic N) is 5. The summed E-state index contributed by atoms with van der Waals surface area (Å²) in [6.45, 7) is 2.14. The second kappa shape index (κ2) is 6.10. The first-order valence-corrected chi connectivity index (χ1v) is 5.97. The lowest BCUT2D eigenvalue weighted by molar-refractivity contribution is 0.0690. The minimum absolute atomic E-state index is 0.0321. The van der Waals surface area contributed by atoms with Crippen LogP contribution in [-0.2, 0) is 20.0 Å². The van der Waals surface area contributed by atoms with Gasteiger partial charge in [0.1, 0.15) is 0 Å². The van der Waals surface area contributed by atoms with Gasteiger partial charge in [0.2, 0.25) is 0 Å². The van der Waals surface area contributed by atoms with Crippen LogP contribution in [0.25, 0.3) is 0 Å². The van der Waals surface area contributed by atoms with Crippen molar-refractivity contribution in [2.45, 2.75) is 13.0 Å². The maximum absolute atomic E-state index is 10.6. The molecular formula is C11H16N6O2. The predicted octanol–water partition coefficient (Wildman–Crippen LogP) is -0.458. The third-order valence-electron chi connectivity index (χ3n) is 2.62. The lowest BCUT2D eigenvalue weighted by atomic mass is 10.2. The summed E-state index contributed by atoms with van der Waals surface area (Å²) in [4.78, 5) is 10.6. The monoisotopic (exact) mass is 264 g/mol. The van der Waals surface area contributed by atoms with Crippen molar-refractivity contribution in [3.8, 4) is 0 Å². The van der Waals surface area contributed by atoms with Crippen LogP contribution in [-0.4, -0.2) is 48.9 Å². The Kier molecular flexibility index (Phi) is 4.24. The van der Waals surface area contributed by atoms with Crippen LogP contribution < -0.4 is 5.32 Å². The van der Waals surface area contributed by atoms with Gasteiger partial charge in [-0.05, 0) is 18.5 Å². The zero-order valence-electron chi connectivity index (χ0n) is 10.7. The van der Waals surface area contributed by atoms with E-state index in [9.17, 15) is 4.79 Å². The molecule has 0 radical (unpaired) electrons. The topological polar surface area (TPSA) is 97.9 Å². The van der Waals surface area contributed by atoms with E-state index < -0.39 is 5.97 Å². The van der Waals surface area contributed by atoms with Crippen molar-refractivity contribution in [2.75, 3.05) is 13.1 Å². The minimum atomic E-state index is -1.06. The van der Waals surface area contributed by atoms with E-state index in [1.807, 2.05) is 19.4 Å². The fraction of sp³-hybridized carbons (Fsp3) is 0.455. The van der Waals surface area contributed by atoms with Crippen molar-refractivity contribution >= 4 is 5.97 Å². The summed E-state index contributed by atoms with van der Waals surface area (Å²) in [7, 11) is 1.89. The zero-order valence-corrected chi connectivity index (χ0v) is 10.7. The number of aryl methyl sites for hydroxylation is 1. The van der Waals surface area contributed by atoms with Gasteiger partial charge in [-0.25, -0.2) is 4.79 Å². The summed E-state index contributed by atoms with van der Waals surface area (Å²) < 4.78 is 3.29. The molecule has 8 nitrogen and oxygen atoms in total. The molecule has 0 amide bonds. The standard InChI is InChI=1S/C11H16N6O2/c1-16-7-9(6-13-16)2-3-12-4-5-17-8-10(11(18)19)14-15-17/h6-8,12H,2-5H2,1H3,(H,18,19). The SMILES string of the molecule is Cn1cc(CCNCCn2cc(C(=O)O)nn2)cn1. The van der Waals surface area contributed by atoms with Crippen molar-refractivity contribution in [3.05, 3.63) is 29.8 Å². The molecule has 0 unspecified atom stereocenters. The summed E-state index contributed by atoms with van der Waals surface area (Å²) >= 11 is 0. The number of carboxylic acids is 1. The first-order chi connectivity index (χ1) is 9.15. The van der Waals surface area contributed by atoms with Crippen LogP contribution in [0.4, 0.5) is 0 Å². The Hall–Kier alpha value is -2.22. The van der Waals surface area contributed by atoms with Gasteiger partial charge in [-0.15, -0.1) is 5.10 Å². The number of aromatic carboxylic acids is 1. The lowest BCUT2D eigenvalue weighted by Crippen LogP contribution is -2.22. The van der Waals surface area contributed by atoms with Crippen LogP contribution in [0.15, 0.2) is 18.6 Å². The van der Waals surface area contributed by atoms with E-state index in [1.54, 1.807) is 4.68 Å². The van der Waals surface area contributed by atoms with E-state index in [-0.39, 0.29) is 5.69 Å². The third-order valence-corrected chi connectivity index (χ3v) is 2.62. The van der Waals surface area contributed by atoms with E-state index in [0.29, 0.717) is 13.1 Å². The molecule has 8 heteroatoms. The van der Waals surface area contributed by atoms with Gasteiger partial charge in [-0.1, -0.05) is 5.21 Å². The Morgan fingerprint density at radius 1 is 1.42 bits per heavy atom. The molecule has 0 saturated carbocycles. The number of rotatable bonds is 7. The van der Waals surface area contributed by atoms with Crippen LogP contribution in [0.3, 0.4) is 0 Å². The normalized spacial score (nSPS) is 10.8. The van der Waals surface area contributed by atoms with Crippen LogP contribution in [0.1, 0.15) is 16.1 Å². The summed E-state index contributed by atoms with van der Waals surface area (Å²) in [5.41, 5.74) is 1.15. The molecule has 19 heavy (non-hydrogen) atoms. The van der Waals surface area contributed by atoms with Gasteiger partial charge in [-0.3, -0.25) is 9.36 Å². The van der Waals surface area contributed by atoms with Crippen molar-refractivity contribution in [1.29, 1.82) is 0 Å². The number of hydrogen-bond donors (Lipinski definition) is 2. The third kappa shape index (κ3) is 3.88. The Labute approximate surface area is 110 Å². The van der Waals surface area contributed by atoms with E-state index in [2.05, 4.69) is 20.7 Å². The molecule has 0 saturated heterocycles. The Morgan fingerprint density at radius 3 is 2.89 bits per heavy atom. The van der Waals surface area contributed by atoms with E-state index >= 15 is 0 Å². The van der Waals surface area contributed by atoms with Crippen LogP contribution in [0.5, 0.6) is 0 Å². The average molecular weight is 264 g/mol. The fourth-order valence-electron chi connectivity index (χ4n) is 1.66. The Bertz CT molecular complexity index is 547. The molecule has 0 bridgehead atoms. The summed E-state index contributed by atoms with van der Waals surface area (Å²) in [5.74, 6) is -1.06. The quantitative estimate of drug-likeness (QED) is 0.657. The van der Waals surface area contributed by atoms with Crippen molar-refractivity contribution in [2.24, 2.45) is 7.05 Å². The zero-order chi connectivity index (χ0) is 13.7. The van der Waals surface area contributed by atoms with Crippen molar-refractivity contribution in [1.82, 2.24) is 30.1 Å². The highest BCUT2D eigenvalue weighted by Gasteiger charge is 2.07. The van der Waals surface area contributed by atoms with E-state index in [0.717, 1.165) is 13.0 Å². The Morgan fingerprint density at radius 2 is 2.26 bits per heavy atom. The molecular weight excluding hydrogens is 248 g/mol. The number of carbonyl (C=O) groups is 1. The second-order valence-corrected chi connectivity index (χ2v) is 4.19. The molecule has 2 heterocycles. The van der Waals surface area contributed by atoms with E-state index in [4.69, 9.17) is 5.11 Å². The summed E-state index contributed by atoms with van der Waals surface area (Å²) in [6.07, 6.45) is 6.16. The number of nitrogens with one attached hydrogen (secondary N) is 1. The predicted molar refractivity (Wildman–Crippen MR) is 66.8 cm³/mol. The molecule has 0 fully saturated rings. The summed E-state index contributed by atoms with van der Waals surface area (Å²) in [6, 6.07) is 0. The molecule has 0 aliphatic rings. The second-order valence-electron chi connectivity index (χ2n) is 4.19. The molecule has 2 N–H and O–H groups in total. The molecule has 102 valence electrons. The number of hydrogen-bond acceptors (Lipinski definition) is 5. The van der Waals surface area contributed by atoms with Crippen molar-refractivity contribution in [3.63, 3.8) is 0 Å². The first-order valence-electron chi connectivity index (χ1n) is 5.97. The molecule has 2 aromatic heterocycles. The van der Waals surface area contributed by atoms with Gasteiger partial charge in [0.15, 0.2) is 5.69 Å². The fourth-order valence-corrected chi connectivity index (χ4v) is 1.66. The van der Waals surface area contributed by atoms with Gasteiger partial charge in [0.05, 0.1) is 18.9 Å². The van der Waals surface area contributed by atoms with Gasteiger partial charge in [-0.2, -0.15) is 5.10 Å². The van der Waals surface area contributed by atoms with Gasteiger partial charge in [0.25, 0.3) is 0 Å². The lowest BCUT2D eigenvalue weighted by Gasteiger charge is -2.03. The molecule has 0 spiro atoms. The molecule has 2 rings (SSSR count). The molecule has 0 aromatic carbocycles. The largest absolute Gasteiger partial charge is 0.476 e. The maximum Gasteiger partial charge on any atom is 0.358 e. The first kappa shape index (κ1) is 13.2. The minimum Gasteiger partial charge on any atom is -0.476 e. The van der Waals surface area contributed by atoms with Gasteiger partial charge in [0, 0.05) is 19.8 Å². The molecule has 2 aromatic rings. The number of carboxylic acid groups (broad SMARTS) is 1. The van der Waals surface area contributed by atoms with Gasteiger partial charge >= 0.3 is 5.97 Å². The summed E-state index contributed by atoms with van der Waals surface area (Å²) in [5, 5.41) is 23.3. The maximum atomic E-state index is 10.6. The highest BCUT2D eigenvalue weighted by molar-refractivity contribution is 5.84. The van der Waals surface area contributed by atoms with E-state index in [1.165, 1.54) is 16.4 Å². The van der Waals surface area contributed by atoms with Gasteiger partial charge < -0.3 is 10.4 Å². The average Bonchev–Trinajstić information content (AvgIpc) is 2.98. The van der Waals surface area contributed by atoms with Crippen molar-refractivity contribution < 1.29 is 9.90 Å². The molecule has 0 aliphatic carbocycles. The molecule has 0 atom stereocenters. The molecule has 0 aliphatic heterocycles. The highest BCUT2D eigenvalue weighted by Crippen LogP contribution is 1.96. The highest BCUT2D eigenvalue weighted by atomic mass is 16.4. The van der Waals surface area contributed by atoms with Crippen LogP contribution >= 0.6 is 0 Å². The van der Waals surface area contributed by atoms with Crippen LogP contribution in [0, 0.1) is 0 Å². The smallest absolute Gasteiger partial charge is 0.358 e. The Balaban J connectivity index is 1.65.